The van der Waals surface area contributed by atoms with Gasteiger partial charge in [-0.05, 0) is 31.0 Å². The summed E-state index contributed by atoms with van der Waals surface area (Å²) in [5.41, 5.74) is 1.32. The Morgan fingerprint density at radius 1 is 1.14 bits per heavy atom. The molecule has 0 saturated carbocycles. The fourth-order valence-electron chi connectivity index (χ4n) is 3.49. The Kier molecular flexibility index (Phi) is 5.55. The largest absolute Gasteiger partial charge is 0.481 e. The van der Waals surface area contributed by atoms with Crippen LogP contribution >= 0.6 is 0 Å². The first-order valence-electron chi connectivity index (χ1n) is 9.86. The lowest BCUT2D eigenvalue weighted by Crippen LogP contribution is -2.47. The lowest BCUT2D eigenvalue weighted by molar-refractivity contribution is -0.137. The molecule has 0 aliphatic carbocycles. The monoisotopic (exact) mass is 396 g/mol. The summed E-state index contributed by atoms with van der Waals surface area (Å²) >= 11 is 0. The van der Waals surface area contributed by atoms with Gasteiger partial charge in [-0.25, -0.2) is 15.0 Å². The topological polar surface area (TPSA) is 108 Å². The molecule has 29 heavy (non-hydrogen) atoms. The summed E-state index contributed by atoms with van der Waals surface area (Å²) in [5, 5.41) is 8.80. The standard InChI is InChI=1S/C20H24N6O3/c1-14(4-2-6-17(27)28)18-21-9-7-16(24-18)25-10-12-26(13-11-25)20-23-15-5-3-8-22-19(15)29-20/h3,5,7-9,14H,2,4,6,10-13H2,1H3,(H,27,28)/t14-/m1/s1. The van der Waals surface area contributed by atoms with Crippen molar-refractivity contribution in [3.8, 4) is 0 Å². The van der Waals surface area contributed by atoms with Gasteiger partial charge in [0.1, 0.15) is 17.2 Å². The van der Waals surface area contributed by atoms with Crippen LogP contribution in [0.2, 0.25) is 0 Å². The van der Waals surface area contributed by atoms with Gasteiger partial charge in [-0.2, -0.15) is 4.98 Å². The number of aliphatic carboxylic acids is 1. The molecule has 9 nitrogen and oxygen atoms in total. The van der Waals surface area contributed by atoms with E-state index in [1.807, 2.05) is 25.1 Å². The van der Waals surface area contributed by atoms with E-state index in [4.69, 9.17) is 14.5 Å². The number of oxazole rings is 1. The SMILES string of the molecule is C[C@H](CCCC(=O)O)c1nccc(N2CCN(c3nc4cccnc4o3)CC2)n1. The average Bonchev–Trinajstić information content (AvgIpc) is 3.18. The molecule has 4 heterocycles. The van der Waals surface area contributed by atoms with Crippen LogP contribution in [0.3, 0.4) is 0 Å². The summed E-state index contributed by atoms with van der Waals surface area (Å²) < 4.78 is 5.77. The first-order valence-corrected chi connectivity index (χ1v) is 9.86. The number of carboxylic acids is 1. The molecule has 0 spiro atoms. The van der Waals surface area contributed by atoms with E-state index in [1.54, 1.807) is 12.4 Å². The van der Waals surface area contributed by atoms with Crippen molar-refractivity contribution in [3.63, 3.8) is 0 Å². The number of aromatic nitrogens is 4. The predicted molar refractivity (Wildman–Crippen MR) is 108 cm³/mol. The number of pyridine rings is 1. The number of carbonyl (C=O) groups is 1. The van der Waals surface area contributed by atoms with Crippen LogP contribution in [0.25, 0.3) is 11.2 Å². The summed E-state index contributed by atoms with van der Waals surface area (Å²) in [7, 11) is 0. The number of fused-ring (bicyclic) bond motifs is 1. The Bertz CT molecular complexity index is 950. The Morgan fingerprint density at radius 2 is 1.93 bits per heavy atom. The lowest BCUT2D eigenvalue weighted by Gasteiger charge is -2.34. The minimum Gasteiger partial charge on any atom is -0.481 e. The quantitative estimate of drug-likeness (QED) is 0.644. The maximum absolute atomic E-state index is 10.7. The van der Waals surface area contributed by atoms with Crippen molar-refractivity contribution in [2.45, 2.75) is 32.1 Å². The number of hydrogen-bond acceptors (Lipinski definition) is 8. The maximum atomic E-state index is 10.7. The number of hydrogen-bond donors (Lipinski definition) is 1. The Labute approximate surface area is 168 Å². The van der Waals surface area contributed by atoms with Crippen LogP contribution in [0.4, 0.5) is 11.8 Å². The van der Waals surface area contributed by atoms with E-state index in [0.717, 1.165) is 49.8 Å². The average molecular weight is 396 g/mol. The van der Waals surface area contributed by atoms with Gasteiger partial charge in [-0.3, -0.25) is 4.79 Å². The molecule has 3 aromatic rings. The van der Waals surface area contributed by atoms with E-state index in [-0.39, 0.29) is 12.3 Å². The first kappa shape index (κ1) is 19.1. The van der Waals surface area contributed by atoms with Crippen LogP contribution in [0, 0.1) is 0 Å². The second-order valence-corrected chi connectivity index (χ2v) is 7.26. The molecule has 9 heteroatoms. The lowest BCUT2D eigenvalue weighted by atomic mass is 10.0. The zero-order valence-corrected chi connectivity index (χ0v) is 16.4. The van der Waals surface area contributed by atoms with Gasteiger partial charge >= 0.3 is 5.97 Å². The zero-order chi connectivity index (χ0) is 20.2. The normalized spacial score (nSPS) is 15.6. The Morgan fingerprint density at radius 3 is 2.69 bits per heavy atom. The number of carboxylic acid groups (broad SMARTS) is 1. The second-order valence-electron chi connectivity index (χ2n) is 7.26. The van der Waals surface area contributed by atoms with Gasteiger partial charge in [-0.1, -0.05) is 6.92 Å². The second kappa shape index (κ2) is 8.42. The van der Waals surface area contributed by atoms with Crippen molar-refractivity contribution < 1.29 is 14.3 Å². The highest BCUT2D eigenvalue weighted by Crippen LogP contribution is 2.24. The van der Waals surface area contributed by atoms with E-state index < -0.39 is 5.97 Å². The van der Waals surface area contributed by atoms with Crippen molar-refractivity contribution in [3.05, 3.63) is 36.4 Å². The summed E-state index contributed by atoms with van der Waals surface area (Å²) in [6.45, 7) is 5.20. The molecule has 1 aliphatic heterocycles. The highest BCUT2D eigenvalue weighted by molar-refractivity contribution is 5.70. The number of piperazine rings is 1. The third-order valence-electron chi connectivity index (χ3n) is 5.16. The van der Waals surface area contributed by atoms with Crippen LogP contribution < -0.4 is 9.80 Å². The minimum atomic E-state index is -0.764. The summed E-state index contributed by atoms with van der Waals surface area (Å²) in [5.74, 6) is 1.03. The highest BCUT2D eigenvalue weighted by Gasteiger charge is 2.23. The van der Waals surface area contributed by atoms with E-state index in [2.05, 4.69) is 24.8 Å². The van der Waals surface area contributed by atoms with Gasteiger partial charge in [0.2, 0.25) is 5.71 Å². The molecular formula is C20H24N6O3. The van der Waals surface area contributed by atoms with Crippen LogP contribution in [0.5, 0.6) is 0 Å². The van der Waals surface area contributed by atoms with Gasteiger partial charge in [0.15, 0.2) is 0 Å². The number of rotatable bonds is 7. The van der Waals surface area contributed by atoms with Crippen molar-refractivity contribution in [2.24, 2.45) is 0 Å². The van der Waals surface area contributed by atoms with E-state index in [9.17, 15) is 4.79 Å². The molecule has 1 saturated heterocycles. The molecule has 3 aromatic heterocycles. The van der Waals surface area contributed by atoms with Gasteiger partial charge < -0.3 is 19.3 Å². The molecule has 152 valence electrons. The molecule has 4 rings (SSSR count). The highest BCUT2D eigenvalue weighted by atomic mass is 16.4. The molecule has 1 atom stereocenters. The molecular weight excluding hydrogens is 372 g/mol. The Hall–Kier alpha value is -3.23. The zero-order valence-electron chi connectivity index (χ0n) is 16.4. The molecule has 0 radical (unpaired) electrons. The molecule has 1 aliphatic rings. The van der Waals surface area contributed by atoms with Crippen molar-refractivity contribution in [1.29, 1.82) is 0 Å². The van der Waals surface area contributed by atoms with Crippen molar-refractivity contribution >= 4 is 29.0 Å². The molecule has 1 N–H and O–H groups in total. The number of anilines is 2. The molecule has 0 bridgehead atoms. The fourth-order valence-corrected chi connectivity index (χ4v) is 3.49. The molecule has 0 aromatic carbocycles. The third-order valence-corrected chi connectivity index (χ3v) is 5.16. The summed E-state index contributed by atoms with van der Waals surface area (Å²) in [6, 6.07) is 6.27. The smallest absolute Gasteiger partial charge is 0.303 e. The summed E-state index contributed by atoms with van der Waals surface area (Å²) in [6.07, 6.45) is 5.05. The van der Waals surface area contributed by atoms with Crippen LogP contribution in [0.1, 0.15) is 37.9 Å². The Balaban J connectivity index is 1.37. The predicted octanol–water partition coefficient (Wildman–Crippen LogP) is 2.70. The van der Waals surface area contributed by atoms with Gasteiger partial charge in [0.25, 0.3) is 6.01 Å². The molecule has 1 fully saturated rings. The summed E-state index contributed by atoms with van der Waals surface area (Å²) in [4.78, 5) is 32.9. The fraction of sp³-hybridized carbons (Fsp3) is 0.450. The van der Waals surface area contributed by atoms with Crippen LogP contribution in [-0.2, 0) is 4.79 Å². The van der Waals surface area contributed by atoms with Crippen LogP contribution in [-0.4, -0.2) is 57.2 Å². The van der Waals surface area contributed by atoms with E-state index in [1.165, 1.54) is 0 Å². The first-order chi connectivity index (χ1) is 14.1. The van der Waals surface area contributed by atoms with Crippen molar-refractivity contribution in [1.82, 2.24) is 19.9 Å². The van der Waals surface area contributed by atoms with E-state index in [0.29, 0.717) is 18.1 Å². The third kappa shape index (κ3) is 4.44. The van der Waals surface area contributed by atoms with Crippen LogP contribution in [0.15, 0.2) is 35.0 Å². The van der Waals surface area contributed by atoms with Gasteiger partial charge in [0, 0.05) is 50.9 Å². The van der Waals surface area contributed by atoms with Gasteiger partial charge in [-0.15, -0.1) is 0 Å². The van der Waals surface area contributed by atoms with Crippen molar-refractivity contribution in [2.75, 3.05) is 36.0 Å². The number of nitrogens with zero attached hydrogens (tertiary/aromatic N) is 6. The van der Waals surface area contributed by atoms with E-state index >= 15 is 0 Å². The molecule has 0 unspecified atom stereocenters. The van der Waals surface area contributed by atoms with Gasteiger partial charge in [0.05, 0.1) is 0 Å². The molecule has 0 amide bonds. The maximum Gasteiger partial charge on any atom is 0.303 e. The minimum absolute atomic E-state index is 0.128.